The first kappa shape index (κ1) is 18.9. The molecule has 0 aromatic heterocycles. The number of hydrogen-bond donors (Lipinski definition) is 2. The molecule has 4 nitrogen and oxygen atoms in total. The summed E-state index contributed by atoms with van der Waals surface area (Å²) in [7, 11) is 1.76. The molecule has 1 aliphatic carbocycles. The van der Waals surface area contributed by atoms with Gasteiger partial charge in [-0.05, 0) is 31.2 Å². The molecule has 0 aliphatic heterocycles. The SMILES string of the molecule is CCCN(CCO)CC1(CNCCOC)CCCCCC1. The third-order valence-corrected chi connectivity index (χ3v) is 4.66. The zero-order valence-corrected chi connectivity index (χ0v) is 14.2. The van der Waals surface area contributed by atoms with Crippen LogP contribution < -0.4 is 5.32 Å². The lowest BCUT2D eigenvalue weighted by molar-refractivity contribution is 0.105. The standard InChI is InChI=1S/C17H36N2O2/c1-3-11-19(12-13-20)16-17(15-18-10-14-21-2)8-6-4-5-7-9-17/h18,20H,3-16H2,1-2H3. The van der Waals surface area contributed by atoms with E-state index in [9.17, 15) is 5.11 Å². The van der Waals surface area contributed by atoms with Crippen molar-refractivity contribution in [2.45, 2.75) is 51.9 Å². The minimum absolute atomic E-state index is 0.271. The summed E-state index contributed by atoms with van der Waals surface area (Å²) in [5, 5.41) is 12.9. The largest absolute Gasteiger partial charge is 0.395 e. The highest BCUT2D eigenvalue weighted by Gasteiger charge is 2.32. The highest BCUT2D eigenvalue weighted by Crippen LogP contribution is 2.35. The molecule has 1 rings (SSSR count). The summed E-state index contributed by atoms with van der Waals surface area (Å²) < 4.78 is 5.14. The van der Waals surface area contributed by atoms with Crippen LogP contribution in [0.15, 0.2) is 0 Å². The number of nitrogens with one attached hydrogen (secondary N) is 1. The van der Waals surface area contributed by atoms with Gasteiger partial charge in [-0.25, -0.2) is 0 Å². The van der Waals surface area contributed by atoms with Crippen molar-refractivity contribution >= 4 is 0 Å². The summed E-state index contributed by atoms with van der Waals surface area (Å²) in [5.74, 6) is 0. The lowest BCUT2D eigenvalue weighted by Gasteiger charge is -2.38. The second kappa shape index (κ2) is 11.4. The summed E-state index contributed by atoms with van der Waals surface area (Å²) in [5.41, 5.74) is 0.384. The molecule has 0 bridgehead atoms. The van der Waals surface area contributed by atoms with Gasteiger partial charge in [0.2, 0.25) is 0 Å². The Bertz CT molecular complexity index is 235. The summed E-state index contributed by atoms with van der Waals surface area (Å²) in [6, 6.07) is 0. The maximum atomic E-state index is 9.30. The molecule has 2 N–H and O–H groups in total. The number of ether oxygens (including phenoxy) is 1. The van der Waals surface area contributed by atoms with Gasteiger partial charge in [-0.3, -0.25) is 0 Å². The predicted octanol–water partition coefficient (Wildman–Crippen LogP) is 2.27. The van der Waals surface area contributed by atoms with Crippen LogP contribution in [0.25, 0.3) is 0 Å². The van der Waals surface area contributed by atoms with Gasteiger partial charge in [-0.1, -0.05) is 32.6 Å². The third-order valence-electron chi connectivity index (χ3n) is 4.66. The lowest BCUT2D eigenvalue weighted by Crippen LogP contribution is -2.45. The molecule has 0 saturated heterocycles. The topological polar surface area (TPSA) is 44.7 Å². The summed E-state index contributed by atoms with van der Waals surface area (Å²) in [4.78, 5) is 2.46. The van der Waals surface area contributed by atoms with Crippen molar-refractivity contribution < 1.29 is 9.84 Å². The van der Waals surface area contributed by atoms with Gasteiger partial charge in [0.15, 0.2) is 0 Å². The summed E-state index contributed by atoms with van der Waals surface area (Å²) in [6.07, 6.45) is 9.27. The maximum absolute atomic E-state index is 9.30. The van der Waals surface area contributed by atoms with E-state index in [0.29, 0.717) is 5.41 Å². The van der Waals surface area contributed by atoms with Crippen molar-refractivity contribution in [2.24, 2.45) is 5.41 Å². The molecule has 0 radical (unpaired) electrons. The van der Waals surface area contributed by atoms with Crippen LogP contribution in [0.4, 0.5) is 0 Å². The lowest BCUT2D eigenvalue weighted by atomic mass is 9.79. The van der Waals surface area contributed by atoms with E-state index in [1.165, 1.54) is 38.5 Å². The van der Waals surface area contributed by atoms with Crippen LogP contribution in [0.3, 0.4) is 0 Å². The van der Waals surface area contributed by atoms with E-state index < -0.39 is 0 Å². The Kier molecular flexibility index (Phi) is 10.3. The van der Waals surface area contributed by atoms with Crippen molar-refractivity contribution in [3.05, 3.63) is 0 Å². The molecule has 1 fully saturated rings. The monoisotopic (exact) mass is 300 g/mol. The highest BCUT2D eigenvalue weighted by molar-refractivity contribution is 4.87. The fourth-order valence-electron chi connectivity index (χ4n) is 3.60. The molecule has 0 aromatic carbocycles. The predicted molar refractivity (Wildman–Crippen MR) is 88.7 cm³/mol. The molecule has 4 heteroatoms. The van der Waals surface area contributed by atoms with Crippen molar-refractivity contribution in [3.8, 4) is 0 Å². The molecule has 0 heterocycles. The number of hydrogen-bond acceptors (Lipinski definition) is 4. The Hall–Kier alpha value is -0.160. The molecule has 0 unspecified atom stereocenters. The molecule has 0 atom stereocenters. The fourth-order valence-corrected chi connectivity index (χ4v) is 3.60. The first-order valence-electron chi connectivity index (χ1n) is 8.79. The Morgan fingerprint density at radius 2 is 1.86 bits per heavy atom. The highest BCUT2D eigenvalue weighted by atomic mass is 16.5. The molecule has 126 valence electrons. The minimum atomic E-state index is 0.271. The van der Waals surface area contributed by atoms with Crippen molar-refractivity contribution in [2.75, 3.05) is 53.0 Å². The molecular formula is C17H36N2O2. The Morgan fingerprint density at radius 1 is 1.14 bits per heavy atom. The minimum Gasteiger partial charge on any atom is -0.395 e. The van der Waals surface area contributed by atoms with Crippen LogP contribution in [-0.4, -0.2) is 63.1 Å². The second-order valence-electron chi connectivity index (χ2n) is 6.58. The molecule has 0 aromatic rings. The van der Waals surface area contributed by atoms with Crippen LogP contribution in [0.1, 0.15) is 51.9 Å². The molecule has 1 saturated carbocycles. The van der Waals surface area contributed by atoms with Crippen LogP contribution >= 0.6 is 0 Å². The molecule has 0 amide bonds. The Morgan fingerprint density at radius 3 is 2.43 bits per heavy atom. The number of methoxy groups -OCH3 is 1. The van der Waals surface area contributed by atoms with Gasteiger partial charge < -0.3 is 20.1 Å². The number of nitrogens with zero attached hydrogens (tertiary/aromatic N) is 1. The number of aliphatic hydroxyl groups excluding tert-OH is 1. The van der Waals surface area contributed by atoms with Crippen LogP contribution in [0, 0.1) is 5.41 Å². The van der Waals surface area contributed by atoms with Gasteiger partial charge in [-0.15, -0.1) is 0 Å². The zero-order chi connectivity index (χ0) is 15.4. The molecular weight excluding hydrogens is 264 g/mol. The van der Waals surface area contributed by atoms with Gasteiger partial charge in [0.05, 0.1) is 13.2 Å². The van der Waals surface area contributed by atoms with E-state index in [2.05, 4.69) is 17.1 Å². The Balaban J connectivity index is 2.59. The maximum Gasteiger partial charge on any atom is 0.0587 e. The average Bonchev–Trinajstić information content (AvgIpc) is 2.70. The Labute approximate surface area is 131 Å². The summed E-state index contributed by atoms with van der Waals surface area (Å²) in [6.45, 7) is 8.34. The second-order valence-corrected chi connectivity index (χ2v) is 6.58. The molecule has 21 heavy (non-hydrogen) atoms. The van der Waals surface area contributed by atoms with Gasteiger partial charge in [-0.2, -0.15) is 0 Å². The van der Waals surface area contributed by atoms with Crippen LogP contribution in [-0.2, 0) is 4.74 Å². The van der Waals surface area contributed by atoms with E-state index in [4.69, 9.17) is 4.74 Å². The fraction of sp³-hybridized carbons (Fsp3) is 1.00. The van der Waals surface area contributed by atoms with Gasteiger partial charge >= 0.3 is 0 Å². The van der Waals surface area contributed by atoms with E-state index in [0.717, 1.165) is 45.8 Å². The average molecular weight is 300 g/mol. The van der Waals surface area contributed by atoms with Crippen molar-refractivity contribution in [1.29, 1.82) is 0 Å². The quantitative estimate of drug-likeness (QED) is 0.454. The van der Waals surface area contributed by atoms with Gasteiger partial charge in [0, 0.05) is 33.3 Å². The van der Waals surface area contributed by atoms with Crippen molar-refractivity contribution in [3.63, 3.8) is 0 Å². The number of rotatable bonds is 11. The molecule has 0 spiro atoms. The molecule has 1 aliphatic rings. The first-order valence-corrected chi connectivity index (χ1v) is 8.79. The van der Waals surface area contributed by atoms with Gasteiger partial charge in [0.1, 0.15) is 0 Å². The summed E-state index contributed by atoms with van der Waals surface area (Å²) >= 11 is 0. The smallest absolute Gasteiger partial charge is 0.0587 e. The zero-order valence-electron chi connectivity index (χ0n) is 14.2. The van der Waals surface area contributed by atoms with E-state index in [1.807, 2.05) is 0 Å². The van der Waals surface area contributed by atoms with Crippen LogP contribution in [0.2, 0.25) is 0 Å². The van der Waals surface area contributed by atoms with Crippen molar-refractivity contribution in [1.82, 2.24) is 10.2 Å². The normalized spacial score (nSPS) is 18.9. The van der Waals surface area contributed by atoms with Crippen LogP contribution in [0.5, 0.6) is 0 Å². The van der Waals surface area contributed by atoms with E-state index in [-0.39, 0.29) is 6.61 Å². The third kappa shape index (κ3) is 7.59. The van der Waals surface area contributed by atoms with E-state index in [1.54, 1.807) is 7.11 Å². The van der Waals surface area contributed by atoms with E-state index >= 15 is 0 Å². The number of aliphatic hydroxyl groups is 1. The first-order chi connectivity index (χ1) is 10.3. The van der Waals surface area contributed by atoms with Gasteiger partial charge in [0.25, 0.3) is 0 Å².